The van der Waals surface area contributed by atoms with Gasteiger partial charge in [0.15, 0.2) is 0 Å². The smallest absolute Gasteiger partial charge is 0.433 e. The lowest BCUT2D eigenvalue weighted by atomic mass is 10.2. The highest BCUT2D eigenvalue weighted by Crippen LogP contribution is 2.32. The summed E-state index contributed by atoms with van der Waals surface area (Å²) >= 11 is 5.93. The Morgan fingerprint density at radius 1 is 1.25 bits per heavy atom. The van der Waals surface area contributed by atoms with Crippen molar-refractivity contribution in [2.75, 3.05) is 5.73 Å². The summed E-state index contributed by atoms with van der Waals surface area (Å²) in [6, 6.07) is 7.64. The van der Waals surface area contributed by atoms with Crippen LogP contribution in [0.15, 0.2) is 36.5 Å². The molecular formula is C13H10ClF3N2O. The van der Waals surface area contributed by atoms with Crippen molar-refractivity contribution >= 4 is 17.3 Å². The van der Waals surface area contributed by atoms with Crippen LogP contribution in [0.4, 0.5) is 18.9 Å². The summed E-state index contributed by atoms with van der Waals surface area (Å²) in [7, 11) is 0. The molecule has 0 radical (unpaired) electrons. The summed E-state index contributed by atoms with van der Waals surface area (Å²) in [6.45, 7) is 0.0190. The number of hydrogen-bond donors (Lipinski definition) is 1. The minimum Gasteiger partial charge on any atom is -0.487 e. The van der Waals surface area contributed by atoms with Crippen LogP contribution in [0.2, 0.25) is 5.02 Å². The van der Waals surface area contributed by atoms with E-state index in [1.54, 1.807) is 24.3 Å². The van der Waals surface area contributed by atoms with E-state index in [0.29, 0.717) is 10.6 Å². The fraction of sp³-hybridized carbons (Fsp3) is 0.154. The zero-order chi connectivity index (χ0) is 14.8. The Morgan fingerprint density at radius 2 is 1.95 bits per heavy atom. The maximum Gasteiger partial charge on any atom is 0.433 e. The Bertz CT molecular complexity index is 617. The highest BCUT2D eigenvalue weighted by molar-refractivity contribution is 6.31. The molecule has 0 atom stereocenters. The third kappa shape index (κ3) is 3.33. The number of anilines is 1. The van der Waals surface area contributed by atoms with Gasteiger partial charge in [-0.3, -0.25) is 0 Å². The molecule has 1 aromatic heterocycles. The first-order chi connectivity index (χ1) is 9.38. The number of alkyl halides is 3. The molecule has 0 aliphatic rings. The Kier molecular flexibility index (Phi) is 4.04. The van der Waals surface area contributed by atoms with Crippen molar-refractivity contribution < 1.29 is 17.9 Å². The molecule has 106 valence electrons. The standard InChI is InChI=1S/C13H10ClF3N2O/c14-9-4-2-1-3-8(9)7-20-11-5-12(13(15,16)17)19-6-10(11)18/h1-6H,7,18H2. The molecule has 0 aliphatic carbocycles. The zero-order valence-electron chi connectivity index (χ0n) is 10.1. The summed E-state index contributed by atoms with van der Waals surface area (Å²) in [4.78, 5) is 3.23. The van der Waals surface area contributed by atoms with Crippen molar-refractivity contribution in [3.8, 4) is 5.75 Å². The van der Waals surface area contributed by atoms with Gasteiger partial charge in [-0.15, -0.1) is 0 Å². The highest BCUT2D eigenvalue weighted by Gasteiger charge is 2.33. The van der Waals surface area contributed by atoms with E-state index < -0.39 is 11.9 Å². The average Bonchev–Trinajstić information content (AvgIpc) is 2.38. The molecule has 20 heavy (non-hydrogen) atoms. The van der Waals surface area contributed by atoms with E-state index in [1.807, 2.05) is 0 Å². The molecule has 0 fully saturated rings. The van der Waals surface area contributed by atoms with Crippen molar-refractivity contribution in [1.82, 2.24) is 4.98 Å². The lowest BCUT2D eigenvalue weighted by molar-refractivity contribution is -0.141. The second-order valence-corrected chi connectivity index (χ2v) is 4.39. The Labute approximate surface area is 118 Å². The monoisotopic (exact) mass is 302 g/mol. The molecule has 0 spiro atoms. The number of hydrogen-bond acceptors (Lipinski definition) is 3. The molecule has 1 aromatic carbocycles. The number of nitrogens with two attached hydrogens (primary N) is 1. The molecule has 0 aliphatic heterocycles. The number of pyridine rings is 1. The number of ether oxygens (including phenoxy) is 1. The number of nitrogens with zero attached hydrogens (tertiary/aromatic N) is 1. The van der Waals surface area contributed by atoms with Crippen LogP contribution < -0.4 is 10.5 Å². The summed E-state index contributed by atoms with van der Waals surface area (Å²) in [5, 5.41) is 0.469. The molecule has 0 saturated heterocycles. The lowest BCUT2D eigenvalue weighted by Crippen LogP contribution is -2.09. The first-order valence-corrected chi connectivity index (χ1v) is 5.94. The van der Waals surface area contributed by atoms with Gasteiger partial charge >= 0.3 is 6.18 Å². The Morgan fingerprint density at radius 3 is 2.60 bits per heavy atom. The van der Waals surface area contributed by atoms with Crippen molar-refractivity contribution in [2.45, 2.75) is 12.8 Å². The van der Waals surface area contributed by atoms with E-state index in [0.717, 1.165) is 12.3 Å². The van der Waals surface area contributed by atoms with E-state index >= 15 is 0 Å². The van der Waals surface area contributed by atoms with Crippen LogP contribution in [0.3, 0.4) is 0 Å². The summed E-state index contributed by atoms with van der Waals surface area (Å²) in [6.07, 6.45) is -3.62. The highest BCUT2D eigenvalue weighted by atomic mass is 35.5. The Balaban J connectivity index is 2.19. The van der Waals surface area contributed by atoms with Crippen LogP contribution in [0.1, 0.15) is 11.3 Å². The van der Waals surface area contributed by atoms with E-state index in [2.05, 4.69) is 4.98 Å². The third-order valence-electron chi connectivity index (χ3n) is 2.53. The minimum atomic E-state index is -4.55. The number of nitrogen functional groups attached to an aromatic ring is 1. The van der Waals surface area contributed by atoms with Crippen LogP contribution in [-0.4, -0.2) is 4.98 Å². The predicted octanol–water partition coefficient (Wildman–Crippen LogP) is 3.92. The number of rotatable bonds is 3. The molecule has 0 saturated carbocycles. The van der Waals surface area contributed by atoms with Gasteiger partial charge in [-0.2, -0.15) is 13.2 Å². The SMILES string of the molecule is Nc1cnc(C(F)(F)F)cc1OCc1ccccc1Cl. The van der Waals surface area contributed by atoms with E-state index in [4.69, 9.17) is 22.1 Å². The predicted molar refractivity (Wildman–Crippen MR) is 69.4 cm³/mol. The van der Waals surface area contributed by atoms with Gasteiger partial charge in [-0.25, -0.2) is 4.98 Å². The van der Waals surface area contributed by atoms with Crippen molar-refractivity contribution in [3.05, 3.63) is 52.8 Å². The lowest BCUT2D eigenvalue weighted by Gasteiger charge is -2.12. The maximum atomic E-state index is 12.5. The quantitative estimate of drug-likeness (QED) is 0.935. The topological polar surface area (TPSA) is 48.1 Å². The molecular weight excluding hydrogens is 293 g/mol. The maximum absolute atomic E-state index is 12.5. The normalized spacial score (nSPS) is 11.4. The largest absolute Gasteiger partial charge is 0.487 e. The van der Waals surface area contributed by atoms with Gasteiger partial charge in [0, 0.05) is 16.7 Å². The first-order valence-electron chi connectivity index (χ1n) is 5.57. The summed E-state index contributed by atoms with van der Waals surface area (Å²) in [5.41, 5.74) is 5.18. The summed E-state index contributed by atoms with van der Waals surface area (Å²) < 4.78 is 42.9. The molecule has 0 unspecified atom stereocenters. The Hall–Kier alpha value is -1.95. The molecule has 0 bridgehead atoms. The van der Waals surface area contributed by atoms with Gasteiger partial charge < -0.3 is 10.5 Å². The number of halogens is 4. The first kappa shape index (κ1) is 14.5. The summed E-state index contributed by atoms with van der Waals surface area (Å²) in [5.74, 6) is -0.0766. The third-order valence-corrected chi connectivity index (χ3v) is 2.90. The molecule has 0 amide bonds. The molecule has 3 nitrogen and oxygen atoms in total. The number of aromatic nitrogens is 1. The van der Waals surface area contributed by atoms with Gasteiger partial charge in [0.25, 0.3) is 0 Å². The molecule has 2 N–H and O–H groups in total. The van der Waals surface area contributed by atoms with Gasteiger partial charge in [0.2, 0.25) is 0 Å². The van der Waals surface area contributed by atoms with Crippen molar-refractivity contribution in [1.29, 1.82) is 0 Å². The van der Waals surface area contributed by atoms with Crippen LogP contribution >= 0.6 is 11.6 Å². The van der Waals surface area contributed by atoms with E-state index in [9.17, 15) is 13.2 Å². The van der Waals surface area contributed by atoms with Gasteiger partial charge in [0.05, 0.1) is 11.9 Å². The second-order valence-electron chi connectivity index (χ2n) is 3.99. The average molecular weight is 303 g/mol. The zero-order valence-corrected chi connectivity index (χ0v) is 10.9. The van der Waals surface area contributed by atoms with Crippen LogP contribution in [0.25, 0.3) is 0 Å². The van der Waals surface area contributed by atoms with Crippen molar-refractivity contribution in [3.63, 3.8) is 0 Å². The van der Waals surface area contributed by atoms with E-state index in [1.165, 1.54) is 0 Å². The minimum absolute atomic E-state index is 0.0190. The fourth-order valence-corrected chi connectivity index (χ4v) is 1.69. The molecule has 1 heterocycles. The van der Waals surface area contributed by atoms with Crippen LogP contribution in [0, 0.1) is 0 Å². The van der Waals surface area contributed by atoms with E-state index in [-0.39, 0.29) is 18.0 Å². The second kappa shape index (κ2) is 5.58. The van der Waals surface area contributed by atoms with Crippen LogP contribution in [0.5, 0.6) is 5.75 Å². The van der Waals surface area contributed by atoms with Crippen LogP contribution in [-0.2, 0) is 12.8 Å². The van der Waals surface area contributed by atoms with Gasteiger partial charge in [0.1, 0.15) is 18.1 Å². The fourth-order valence-electron chi connectivity index (χ4n) is 1.50. The molecule has 2 aromatic rings. The number of benzene rings is 1. The van der Waals surface area contributed by atoms with Gasteiger partial charge in [-0.05, 0) is 6.07 Å². The molecule has 7 heteroatoms. The van der Waals surface area contributed by atoms with Gasteiger partial charge in [-0.1, -0.05) is 29.8 Å². The molecule has 2 rings (SSSR count). The van der Waals surface area contributed by atoms with Crippen molar-refractivity contribution in [2.24, 2.45) is 0 Å².